The van der Waals surface area contributed by atoms with Gasteiger partial charge in [-0.25, -0.2) is 0 Å². The Morgan fingerprint density at radius 3 is 2.49 bits per heavy atom. The number of nitrogens with zero attached hydrogens (tertiary/aromatic N) is 3. The molecule has 0 bridgehead atoms. The average molecular weight is 484 g/mol. The first-order valence-electron chi connectivity index (χ1n) is 10.9. The monoisotopic (exact) mass is 484 g/mol. The summed E-state index contributed by atoms with van der Waals surface area (Å²) in [6.07, 6.45) is -4.97. The van der Waals surface area contributed by atoms with Gasteiger partial charge in [0.25, 0.3) is 0 Å². The summed E-state index contributed by atoms with van der Waals surface area (Å²) in [6.45, 7) is 5.78. The Labute approximate surface area is 200 Å². The third kappa shape index (κ3) is 4.49. The number of fused-ring (bicyclic) bond motifs is 1. The van der Waals surface area contributed by atoms with Gasteiger partial charge in [-0.1, -0.05) is 24.3 Å². The fraction of sp³-hybridized carbons (Fsp3) is 0.280. The minimum Gasteiger partial charge on any atom is -0.490 e. The van der Waals surface area contributed by atoms with E-state index in [4.69, 9.17) is 19.9 Å². The molecule has 1 atom stereocenters. The summed E-state index contributed by atoms with van der Waals surface area (Å²) in [5.74, 6) is -0.914. The standard InChI is InChI=1S/C25H23F3N4O3/c1-4-33-19-12-15(10-11-18(19)34-14(2)3)20-17(13-29)23(30)35-24-21(20)22(25(26,27)28)31-32(24)16-8-6-5-7-9-16/h5-12,14,20H,4,30H2,1-3H3. The van der Waals surface area contributed by atoms with Crippen LogP contribution in [0, 0.1) is 11.3 Å². The Hall–Kier alpha value is -4.13. The van der Waals surface area contributed by atoms with Gasteiger partial charge in [-0.2, -0.15) is 28.2 Å². The van der Waals surface area contributed by atoms with Crippen molar-refractivity contribution in [1.82, 2.24) is 9.78 Å². The first-order valence-corrected chi connectivity index (χ1v) is 10.9. The van der Waals surface area contributed by atoms with Crippen molar-refractivity contribution >= 4 is 0 Å². The van der Waals surface area contributed by atoms with E-state index in [0.29, 0.717) is 29.4 Å². The third-order valence-corrected chi connectivity index (χ3v) is 5.28. The summed E-state index contributed by atoms with van der Waals surface area (Å²) in [5, 5.41) is 13.7. The van der Waals surface area contributed by atoms with Crippen molar-refractivity contribution in [3.8, 4) is 29.1 Å². The quantitative estimate of drug-likeness (QED) is 0.511. The van der Waals surface area contributed by atoms with Crippen LogP contribution in [0.1, 0.15) is 43.5 Å². The number of aromatic nitrogens is 2. The number of benzene rings is 2. The Kier molecular flexibility index (Phi) is 6.35. The van der Waals surface area contributed by atoms with E-state index in [1.807, 2.05) is 19.9 Å². The van der Waals surface area contributed by atoms with Crippen LogP contribution in [0.4, 0.5) is 13.2 Å². The van der Waals surface area contributed by atoms with Crippen LogP contribution in [-0.4, -0.2) is 22.5 Å². The highest BCUT2D eigenvalue weighted by Crippen LogP contribution is 2.49. The van der Waals surface area contributed by atoms with Gasteiger partial charge in [0.15, 0.2) is 17.2 Å². The summed E-state index contributed by atoms with van der Waals surface area (Å²) in [4.78, 5) is 0. The lowest BCUT2D eigenvalue weighted by Gasteiger charge is -2.26. The molecule has 1 aromatic heterocycles. The summed E-state index contributed by atoms with van der Waals surface area (Å²) >= 11 is 0. The van der Waals surface area contributed by atoms with E-state index >= 15 is 0 Å². The number of halogens is 3. The van der Waals surface area contributed by atoms with E-state index in [9.17, 15) is 18.4 Å². The molecular weight excluding hydrogens is 461 g/mol. The number of hydrogen-bond donors (Lipinski definition) is 1. The smallest absolute Gasteiger partial charge is 0.435 e. The number of nitrogens with two attached hydrogens (primary N) is 1. The molecule has 0 amide bonds. The molecule has 0 saturated heterocycles. The molecule has 1 aliphatic rings. The Morgan fingerprint density at radius 2 is 1.89 bits per heavy atom. The molecular formula is C25H23F3N4O3. The number of allylic oxidation sites excluding steroid dienone is 1. The highest BCUT2D eigenvalue weighted by molar-refractivity contribution is 5.59. The number of rotatable bonds is 6. The molecule has 1 aliphatic heterocycles. The summed E-state index contributed by atoms with van der Waals surface area (Å²) in [7, 11) is 0. The van der Waals surface area contributed by atoms with Gasteiger partial charge in [0.05, 0.1) is 29.9 Å². The van der Waals surface area contributed by atoms with Crippen LogP contribution in [0.2, 0.25) is 0 Å². The predicted octanol–water partition coefficient (Wildman–Crippen LogP) is 5.30. The highest BCUT2D eigenvalue weighted by Gasteiger charge is 2.46. The van der Waals surface area contributed by atoms with Crippen LogP contribution < -0.4 is 19.9 Å². The lowest BCUT2D eigenvalue weighted by atomic mass is 9.83. The SMILES string of the molecule is CCOc1cc(C2C(C#N)=C(N)Oc3c2c(C(F)(F)F)nn3-c2ccccc2)ccc1OC(C)C. The molecule has 2 heterocycles. The second-order valence-corrected chi connectivity index (χ2v) is 8.04. The number of hydrogen-bond acceptors (Lipinski definition) is 6. The maximum Gasteiger partial charge on any atom is 0.435 e. The lowest BCUT2D eigenvalue weighted by Crippen LogP contribution is -2.23. The first kappa shape index (κ1) is 24.0. The van der Waals surface area contributed by atoms with Crippen LogP contribution in [0.15, 0.2) is 60.0 Å². The van der Waals surface area contributed by atoms with Gasteiger partial charge < -0.3 is 19.9 Å². The molecule has 0 aliphatic carbocycles. The largest absolute Gasteiger partial charge is 0.490 e. The average Bonchev–Trinajstić information content (AvgIpc) is 3.19. The minimum absolute atomic E-state index is 0.152. The summed E-state index contributed by atoms with van der Waals surface area (Å²) in [6, 6.07) is 14.9. The predicted molar refractivity (Wildman–Crippen MR) is 121 cm³/mol. The fourth-order valence-electron chi connectivity index (χ4n) is 3.95. The van der Waals surface area contributed by atoms with Crippen molar-refractivity contribution in [1.29, 1.82) is 5.26 Å². The van der Waals surface area contributed by atoms with Gasteiger partial charge in [0, 0.05) is 0 Å². The molecule has 2 aromatic carbocycles. The molecule has 0 saturated carbocycles. The van der Waals surface area contributed by atoms with Crippen LogP contribution in [0.25, 0.3) is 5.69 Å². The van der Waals surface area contributed by atoms with E-state index in [-0.39, 0.29) is 29.0 Å². The van der Waals surface area contributed by atoms with Gasteiger partial charge in [-0.05, 0) is 50.6 Å². The van der Waals surface area contributed by atoms with Crippen LogP contribution in [0.5, 0.6) is 17.4 Å². The third-order valence-electron chi connectivity index (χ3n) is 5.28. The molecule has 35 heavy (non-hydrogen) atoms. The van der Waals surface area contributed by atoms with Crippen LogP contribution in [-0.2, 0) is 6.18 Å². The Bertz CT molecular complexity index is 1310. The summed E-state index contributed by atoms with van der Waals surface area (Å²) < 4.78 is 60.8. The van der Waals surface area contributed by atoms with Crippen LogP contribution in [0.3, 0.4) is 0 Å². The molecule has 7 nitrogen and oxygen atoms in total. The van der Waals surface area contributed by atoms with Crippen molar-refractivity contribution in [2.45, 2.75) is 39.0 Å². The molecule has 1 unspecified atom stereocenters. The molecule has 0 fully saturated rings. The number of alkyl halides is 3. The lowest BCUT2D eigenvalue weighted by molar-refractivity contribution is -0.142. The Balaban J connectivity index is 1.98. The second-order valence-electron chi connectivity index (χ2n) is 8.04. The van der Waals surface area contributed by atoms with Gasteiger partial charge in [0.2, 0.25) is 11.8 Å². The molecule has 2 N–H and O–H groups in total. The fourth-order valence-corrected chi connectivity index (χ4v) is 3.95. The van der Waals surface area contributed by atoms with E-state index in [1.165, 1.54) is 0 Å². The summed E-state index contributed by atoms with van der Waals surface area (Å²) in [5.41, 5.74) is 5.13. The second kappa shape index (κ2) is 9.25. The molecule has 0 spiro atoms. The van der Waals surface area contributed by atoms with Crippen molar-refractivity contribution in [3.05, 3.63) is 76.8 Å². The first-order chi connectivity index (χ1) is 16.7. The molecule has 0 radical (unpaired) electrons. The highest BCUT2D eigenvalue weighted by atomic mass is 19.4. The zero-order valence-electron chi connectivity index (χ0n) is 19.3. The number of ether oxygens (including phenoxy) is 3. The maximum absolute atomic E-state index is 14.2. The zero-order valence-corrected chi connectivity index (χ0v) is 19.3. The van der Waals surface area contributed by atoms with Gasteiger partial charge in [-0.3, -0.25) is 0 Å². The molecule has 182 valence electrons. The number of nitriles is 1. The van der Waals surface area contributed by atoms with E-state index in [1.54, 1.807) is 55.5 Å². The van der Waals surface area contributed by atoms with E-state index in [0.717, 1.165) is 4.68 Å². The van der Waals surface area contributed by atoms with E-state index < -0.39 is 17.8 Å². The molecule has 10 heteroatoms. The molecule has 4 rings (SSSR count). The Morgan fingerprint density at radius 1 is 1.17 bits per heavy atom. The molecule has 3 aromatic rings. The van der Waals surface area contributed by atoms with Gasteiger partial charge >= 0.3 is 6.18 Å². The van der Waals surface area contributed by atoms with Crippen molar-refractivity contribution in [2.24, 2.45) is 5.73 Å². The maximum atomic E-state index is 14.2. The number of para-hydroxylation sites is 1. The van der Waals surface area contributed by atoms with Crippen molar-refractivity contribution in [2.75, 3.05) is 6.61 Å². The minimum atomic E-state index is -4.82. The van der Waals surface area contributed by atoms with Crippen molar-refractivity contribution < 1.29 is 27.4 Å². The normalized spacial score (nSPS) is 15.4. The topological polar surface area (TPSA) is 95.3 Å². The van der Waals surface area contributed by atoms with Gasteiger partial charge in [0.1, 0.15) is 11.6 Å². The van der Waals surface area contributed by atoms with Gasteiger partial charge in [-0.15, -0.1) is 0 Å². The van der Waals surface area contributed by atoms with Crippen LogP contribution >= 0.6 is 0 Å². The zero-order chi connectivity index (χ0) is 25.3. The van der Waals surface area contributed by atoms with Crippen molar-refractivity contribution in [3.63, 3.8) is 0 Å². The van der Waals surface area contributed by atoms with E-state index in [2.05, 4.69) is 5.10 Å².